The first kappa shape index (κ1) is 15.7. The number of nitrogens with one attached hydrogen (secondary N) is 1. The minimum absolute atomic E-state index is 0.105. The lowest BCUT2D eigenvalue weighted by Gasteiger charge is -2.36. The zero-order chi connectivity index (χ0) is 17.4. The van der Waals surface area contributed by atoms with Crippen LogP contribution in [0.4, 0.5) is 10.5 Å². The maximum Gasteiger partial charge on any atom is 0.322 e. The largest absolute Gasteiger partial charge is 0.441 e. The van der Waals surface area contributed by atoms with Gasteiger partial charge in [0, 0.05) is 19.2 Å². The molecule has 0 saturated carbocycles. The van der Waals surface area contributed by atoms with E-state index >= 15 is 0 Å². The first-order valence-electron chi connectivity index (χ1n) is 8.29. The second-order valence-corrected chi connectivity index (χ2v) is 6.19. The van der Waals surface area contributed by atoms with Crippen molar-refractivity contribution in [3.05, 3.63) is 59.5 Å². The molecule has 0 radical (unpaired) electrons. The van der Waals surface area contributed by atoms with E-state index in [0.29, 0.717) is 29.2 Å². The molecule has 25 heavy (non-hydrogen) atoms. The van der Waals surface area contributed by atoms with E-state index < -0.39 is 0 Å². The Morgan fingerprint density at radius 1 is 1.36 bits per heavy atom. The van der Waals surface area contributed by atoms with Crippen molar-refractivity contribution in [2.24, 2.45) is 0 Å². The third-order valence-electron chi connectivity index (χ3n) is 4.59. The standard InChI is InChI=1S/C19H19N3O3/c1-12-20-16-10-14(6-7-18(16)25-12)21-19(24)22-9-8-13-4-2-3-5-15(13)17(22)11-23/h2-7,10,17,23H,8-9,11H2,1H3,(H,21,24). The number of hydrogen-bond acceptors (Lipinski definition) is 4. The fourth-order valence-electron chi connectivity index (χ4n) is 3.41. The minimum atomic E-state index is -0.331. The van der Waals surface area contributed by atoms with Crippen molar-refractivity contribution in [3.63, 3.8) is 0 Å². The lowest BCUT2D eigenvalue weighted by molar-refractivity contribution is 0.135. The topological polar surface area (TPSA) is 78.6 Å². The van der Waals surface area contributed by atoms with Crippen LogP contribution in [-0.2, 0) is 6.42 Å². The van der Waals surface area contributed by atoms with E-state index in [4.69, 9.17) is 4.42 Å². The Hall–Kier alpha value is -2.86. The fourth-order valence-corrected chi connectivity index (χ4v) is 3.41. The number of fused-ring (bicyclic) bond motifs is 2. The van der Waals surface area contributed by atoms with E-state index in [1.807, 2.05) is 24.3 Å². The smallest absolute Gasteiger partial charge is 0.322 e. The maximum absolute atomic E-state index is 12.7. The Labute approximate surface area is 145 Å². The van der Waals surface area contributed by atoms with Gasteiger partial charge in [-0.05, 0) is 35.7 Å². The van der Waals surface area contributed by atoms with E-state index in [1.54, 1.807) is 30.0 Å². The molecular formula is C19H19N3O3. The molecule has 2 N–H and O–H groups in total. The number of benzene rings is 2. The van der Waals surface area contributed by atoms with Gasteiger partial charge in [-0.3, -0.25) is 0 Å². The molecule has 2 heterocycles. The van der Waals surface area contributed by atoms with Crippen LogP contribution in [-0.4, -0.2) is 34.2 Å². The fraction of sp³-hybridized carbons (Fsp3) is 0.263. The zero-order valence-electron chi connectivity index (χ0n) is 13.9. The number of aliphatic hydroxyl groups is 1. The Balaban J connectivity index is 1.57. The first-order valence-corrected chi connectivity index (χ1v) is 8.29. The third-order valence-corrected chi connectivity index (χ3v) is 4.59. The van der Waals surface area contributed by atoms with Gasteiger partial charge in [0.25, 0.3) is 0 Å². The van der Waals surface area contributed by atoms with Crippen LogP contribution in [0.25, 0.3) is 11.1 Å². The van der Waals surface area contributed by atoms with Crippen molar-refractivity contribution in [1.82, 2.24) is 9.88 Å². The number of urea groups is 1. The molecule has 4 rings (SSSR count). The van der Waals surface area contributed by atoms with Crippen molar-refractivity contribution in [2.75, 3.05) is 18.5 Å². The molecule has 1 aliphatic rings. The molecule has 1 aliphatic heterocycles. The van der Waals surface area contributed by atoms with Crippen LogP contribution in [0.15, 0.2) is 46.9 Å². The highest BCUT2D eigenvalue weighted by molar-refractivity contribution is 5.92. The molecule has 0 saturated heterocycles. The summed E-state index contributed by atoms with van der Waals surface area (Å²) < 4.78 is 5.45. The molecule has 2 aromatic carbocycles. The first-order chi connectivity index (χ1) is 12.2. The van der Waals surface area contributed by atoms with Crippen LogP contribution >= 0.6 is 0 Å². The lowest BCUT2D eigenvalue weighted by Crippen LogP contribution is -2.43. The average Bonchev–Trinajstić information content (AvgIpc) is 2.99. The lowest BCUT2D eigenvalue weighted by atomic mass is 9.93. The molecule has 2 amide bonds. The van der Waals surface area contributed by atoms with Crippen LogP contribution in [0, 0.1) is 6.92 Å². The summed E-state index contributed by atoms with van der Waals surface area (Å²) in [6.45, 7) is 2.25. The minimum Gasteiger partial charge on any atom is -0.441 e. The molecular weight excluding hydrogens is 318 g/mol. The Morgan fingerprint density at radius 3 is 3.04 bits per heavy atom. The summed E-state index contributed by atoms with van der Waals surface area (Å²) in [5.41, 5.74) is 4.24. The number of oxazole rings is 1. The molecule has 1 aromatic heterocycles. The second-order valence-electron chi connectivity index (χ2n) is 6.19. The van der Waals surface area contributed by atoms with E-state index in [9.17, 15) is 9.90 Å². The zero-order valence-corrected chi connectivity index (χ0v) is 13.9. The maximum atomic E-state index is 12.7. The number of anilines is 1. The summed E-state index contributed by atoms with van der Waals surface area (Å²) in [5.74, 6) is 0.589. The highest BCUT2D eigenvalue weighted by atomic mass is 16.3. The van der Waals surface area contributed by atoms with Gasteiger partial charge in [-0.25, -0.2) is 9.78 Å². The van der Waals surface area contributed by atoms with Crippen molar-refractivity contribution in [1.29, 1.82) is 0 Å². The summed E-state index contributed by atoms with van der Waals surface area (Å²) in [6.07, 6.45) is 0.779. The quantitative estimate of drug-likeness (QED) is 0.752. The van der Waals surface area contributed by atoms with Gasteiger partial charge in [-0.2, -0.15) is 0 Å². The summed E-state index contributed by atoms with van der Waals surface area (Å²) in [6, 6.07) is 12.7. The molecule has 128 valence electrons. The highest BCUT2D eigenvalue weighted by Gasteiger charge is 2.30. The van der Waals surface area contributed by atoms with Crippen LogP contribution < -0.4 is 5.32 Å². The van der Waals surface area contributed by atoms with Gasteiger partial charge in [0.1, 0.15) is 5.52 Å². The molecule has 1 unspecified atom stereocenters. The number of nitrogens with zero attached hydrogens (tertiary/aromatic N) is 2. The van der Waals surface area contributed by atoms with Crippen molar-refractivity contribution in [3.8, 4) is 0 Å². The predicted molar refractivity (Wildman–Crippen MR) is 94.4 cm³/mol. The molecule has 1 atom stereocenters. The Morgan fingerprint density at radius 2 is 2.20 bits per heavy atom. The number of carbonyl (C=O) groups is 1. The van der Waals surface area contributed by atoms with Crippen LogP contribution in [0.5, 0.6) is 0 Å². The number of aliphatic hydroxyl groups excluding tert-OH is 1. The summed E-state index contributed by atoms with van der Waals surface area (Å²) in [5, 5.41) is 12.7. The summed E-state index contributed by atoms with van der Waals surface area (Å²) in [4.78, 5) is 18.7. The number of amides is 2. The number of rotatable bonds is 2. The van der Waals surface area contributed by atoms with Crippen LogP contribution in [0.3, 0.4) is 0 Å². The van der Waals surface area contributed by atoms with Gasteiger partial charge in [0.2, 0.25) is 0 Å². The highest BCUT2D eigenvalue weighted by Crippen LogP contribution is 2.30. The van der Waals surface area contributed by atoms with E-state index in [1.165, 1.54) is 5.56 Å². The molecule has 3 aromatic rings. The molecule has 6 nitrogen and oxygen atoms in total. The third kappa shape index (κ3) is 2.85. The van der Waals surface area contributed by atoms with Crippen LogP contribution in [0.1, 0.15) is 23.1 Å². The average molecular weight is 337 g/mol. The van der Waals surface area contributed by atoms with Gasteiger partial charge < -0.3 is 19.7 Å². The molecule has 0 fully saturated rings. The normalized spacial score (nSPS) is 16.7. The van der Waals surface area contributed by atoms with Crippen molar-refractivity contribution in [2.45, 2.75) is 19.4 Å². The SMILES string of the molecule is Cc1nc2cc(NC(=O)N3CCc4ccccc4C3CO)ccc2o1. The predicted octanol–water partition coefficient (Wildman–Crippen LogP) is 3.26. The molecule has 6 heteroatoms. The number of aromatic nitrogens is 1. The molecule has 0 bridgehead atoms. The number of aryl methyl sites for hydroxylation is 1. The van der Waals surface area contributed by atoms with Crippen molar-refractivity contribution >= 4 is 22.8 Å². The van der Waals surface area contributed by atoms with Gasteiger partial charge in [0.05, 0.1) is 12.6 Å². The molecule has 0 spiro atoms. The second kappa shape index (κ2) is 6.22. The van der Waals surface area contributed by atoms with Gasteiger partial charge in [-0.15, -0.1) is 0 Å². The van der Waals surface area contributed by atoms with Gasteiger partial charge in [-0.1, -0.05) is 24.3 Å². The van der Waals surface area contributed by atoms with E-state index in [2.05, 4.69) is 10.3 Å². The number of carbonyl (C=O) groups excluding carboxylic acids is 1. The molecule has 0 aliphatic carbocycles. The Bertz CT molecular complexity index is 935. The summed E-state index contributed by atoms with van der Waals surface area (Å²) in [7, 11) is 0. The monoisotopic (exact) mass is 337 g/mol. The van der Waals surface area contributed by atoms with Gasteiger partial charge >= 0.3 is 6.03 Å². The van der Waals surface area contributed by atoms with Crippen LogP contribution in [0.2, 0.25) is 0 Å². The summed E-state index contributed by atoms with van der Waals surface area (Å²) >= 11 is 0. The van der Waals surface area contributed by atoms with E-state index in [-0.39, 0.29) is 18.7 Å². The van der Waals surface area contributed by atoms with Crippen molar-refractivity contribution < 1.29 is 14.3 Å². The Kier molecular flexibility index (Phi) is 3.89. The number of hydrogen-bond donors (Lipinski definition) is 2. The van der Waals surface area contributed by atoms with E-state index in [0.717, 1.165) is 12.0 Å². The van der Waals surface area contributed by atoms with Gasteiger partial charge in [0.15, 0.2) is 11.5 Å².